The Hall–Kier alpha value is -2.15. The molecule has 2 aromatic heterocycles. The molecule has 1 aromatic carbocycles. The Morgan fingerprint density at radius 1 is 1.19 bits per heavy atom. The monoisotopic (exact) mass is 309 g/mol. The summed E-state index contributed by atoms with van der Waals surface area (Å²) in [6, 6.07) is 5.58. The van der Waals surface area contributed by atoms with E-state index < -0.39 is 11.7 Å². The van der Waals surface area contributed by atoms with Gasteiger partial charge in [0.25, 0.3) is 0 Å². The number of rotatable bonds is 3. The van der Waals surface area contributed by atoms with E-state index in [0.29, 0.717) is 5.82 Å². The first-order chi connectivity index (χ1) is 10.1. The van der Waals surface area contributed by atoms with Crippen LogP contribution in [0.5, 0.6) is 0 Å². The van der Waals surface area contributed by atoms with E-state index in [9.17, 15) is 13.2 Å². The molecule has 2 heterocycles. The zero-order valence-corrected chi connectivity index (χ0v) is 11.5. The Kier molecular flexibility index (Phi) is 3.50. The molecule has 0 saturated heterocycles. The zero-order chi connectivity index (χ0) is 14.9. The fourth-order valence-electron chi connectivity index (χ4n) is 2.13. The molecular formula is C14H10F3N3S. The van der Waals surface area contributed by atoms with Crippen LogP contribution in [-0.2, 0) is 12.7 Å². The Morgan fingerprint density at radius 2 is 2.00 bits per heavy atom. The van der Waals surface area contributed by atoms with Gasteiger partial charge >= 0.3 is 6.18 Å². The third-order valence-electron chi connectivity index (χ3n) is 3.07. The number of halogens is 3. The summed E-state index contributed by atoms with van der Waals surface area (Å²) in [5, 5.41) is 1.81. The third-order valence-corrected chi connectivity index (χ3v) is 3.66. The maximum absolute atomic E-state index is 13.0. The van der Waals surface area contributed by atoms with Gasteiger partial charge in [-0.1, -0.05) is 18.2 Å². The Morgan fingerprint density at radius 3 is 2.71 bits per heavy atom. The molecule has 0 aliphatic rings. The summed E-state index contributed by atoms with van der Waals surface area (Å²) in [7, 11) is 0. The van der Waals surface area contributed by atoms with E-state index >= 15 is 0 Å². The number of alkyl halides is 3. The second-order valence-electron chi connectivity index (χ2n) is 4.45. The lowest BCUT2D eigenvalue weighted by molar-refractivity contribution is -0.138. The quantitative estimate of drug-likeness (QED) is 0.730. The van der Waals surface area contributed by atoms with Crippen molar-refractivity contribution < 1.29 is 13.2 Å². The first-order valence-corrected chi connectivity index (χ1v) is 6.95. The Bertz CT molecular complexity index is 732. The van der Waals surface area contributed by atoms with Crippen LogP contribution in [0.2, 0.25) is 0 Å². The highest BCUT2D eigenvalue weighted by molar-refractivity contribution is 7.03. The van der Waals surface area contributed by atoms with E-state index in [1.54, 1.807) is 29.2 Å². The van der Waals surface area contributed by atoms with Crippen molar-refractivity contribution in [3.63, 3.8) is 0 Å². The van der Waals surface area contributed by atoms with Crippen molar-refractivity contribution in [1.29, 1.82) is 0 Å². The summed E-state index contributed by atoms with van der Waals surface area (Å²) in [5.41, 5.74) is 0.398. The smallest absolute Gasteiger partial charge is 0.326 e. The third kappa shape index (κ3) is 2.82. The number of nitrogens with zero attached hydrogens (tertiary/aromatic N) is 3. The molecule has 3 aromatic rings. The lowest BCUT2D eigenvalue weighted by Crippen LogP contribution is -2.11. The molecule has 0 aliphatic carbocycles. The number of benzene rings is 1. The van der Waals surface area contributed by atoms with Gasteiger partial charge in [-0.05, 0) is 23.2 Å². The average Bonchev–Trinajstić information content (AvgIpc) is 3.08. The first kappa shape index (κ1) is 13.8. The van der Waals surface area contributed by atoms with Gasteiger partial charge in [-0.15, -0.1) is 0 Å². The van der Waals surface area contributed by atoms with Crippen molar-refractivity contribution in [1.82, 2.24) is 13.9 Å². The van der Waals surface area contributed by atoms with Gasteiger partial charge in [0, 0.05) is 29.9 Å². The van der Waals surface area contributed by atoms with Crippen LogP contribution in [0.1, 0.15) is 11.1 Å². The lowest BCUT2D eigenvalue weighted by Gasteiger charge is -2.14. The predicted octanol–water partition coefficient (Wildman–Crippen LogP) is 4.07. The number of hydrogen-bond acceptors (Lipinski definition) is 3. The molecular weight excluding hydrogens is 299 g/mol. The molecule has 3 nitrogen and oxygen atoms in total. The van der Waals surface area contributed by atoms with E-state index in [1.807, 2.05) is 5.38 Å². The van der Waals surface area contributed by atoms with Crippen LogP contribution in [0, 0.1) is 0 Å². The van der Waals surface area contributed by atoms with Crippen molar-refractivity contribution in [3.8, 4) is 11.4 Å². The molecule has 0 atom stereocenters. The molecule has 0 amide bonds. The van der Waals surface area contributed by atoms with Crippen LogP contribution in [-0.4, -0.2) is 13.9 Å². The van der Waals surface area contributed by atoms with Gasteiger partial charge in [0.05, 0.1) is 11.8 Å². The van der Waals surface area contributed by atoms with Crippen molar-refractivity contribution in [2.75, 3.05) is 0 Å². The van der Waals surface area contributed by atoms with E-state index in [4.69, 9.17) is 0 Å². The molecule has 0 saturated carbocycles. The van der Waals surface area contributed by atoms with Crippen LogP contribution in [0.3, 0.4) is 0 Å². The highest BCUT2D eigenvalue weighted by Crippen LogP contribution is 2.32. The summed E-state index contributed by atoms with van der Waals surface area (Å²) in [6.07, 6.45) is 0.532. The molecule has 0 N–H and O–H groups in total. The molecule has 7 heteroatoms. The van der Waals surface area contributed by atoms with Gasteiger partial charge in [0.1, 0.15) is 5.82 Å². The minimum absolute atomic E-state index is 0.112. The molecule has 21 heavy (non-hydrogen) atoms. The number of aromatic nitrogens is 3. The van der Waals surface area contributed by atoms with Crippen LogP contribution in [0.25, 0.3) is 11.4 Å². The molecule has 3 rings (SSSR count). The summed E-state index contributed by atoms with van der Waals surface area (Å²) in [4.78, 5) is 4.20. The molecule has 0 fully saturated rings. The van der Waals surface area contributed by atoms with Crippen LogP contribution in [0.15, 0.2) is 48.2 Å². The minimum Gasteiger partial charge on any atom is -0.326 e. The topological polar surface area (TPSA) is 30.7 Å². The predicted molar refractivity (Wildman–Crippen MR) is 73.9 cm³/mol. The first-order valence-electron chi connectivity index (χ1n) is 6.11. The minimum atomic E-state index is -4.36. The second kappa shape index (κ2) is 5.33. The van der Waals surface area contributed by atoms with Crippen molar-refractivity contribution >= 4 is 11.5 Å². The van der Waals surface area contributed by atoms with E-state index in [-0.39, 0.29) is 12.1 Å². The fraction of sp³-hybridized carbons (Fsp3) is 0.143. The van der Waals surface area contributed by atoms with E-state index in [2.05, 4.69) is 9.36 Å². The second-order valence-corrected chi connectivity index (χ2v) is 5.10. The van der Waals surface area contributed by atoms with Crippen molar-refractivity contribution in [2.45, 2.75) is 12.7 Å². The summed E-state index contributed by atoms with van der Waals surface area (Å²) >= 11 is 1.28. The van der Waals surface area contributed by atoms with Gasteiger partial charge in [-0.3, -0.25) is 0 Å². The molecule has 0 spiro atoms. The highest BCUT2D eigenvalue weighted by atomic mass is 32.1. The van der Waals surface area contributed by atoms with E-state index in [0.717, 1.165) is 11.6 Å². The van der Waals surface area contributed by atoms with Gasteiger partial charge in [-0.2, -0.15) is 13.2 Å². The SMILES string of the molecule is FC(F)(F)c1ccccc1Cn1ccnc1-c1cnsc1. The number of imidazole rings is 1. The maximum atomic E-state index is 13.0. The molecule has 0 unspecified atom stereocenters. The standard InChI is InChI=1S/C14H10F3N3S/c15-14(16,17)12-4-2-1-3-10(12)8-20-6-5-18-13(20)11-7-19-21-9-11/h1-7,9H,8H2. The van der Waals surface area contributed by atoms with Gasteiger partial charge in [-0.25, -0.2) is 9.36 Å². The molecule has 0 aliphatic heterocycles. The highest BCUT2D eigenvalue weighted by Gasteiger charge is 2.32. The lowest BCUT2D eigenvalue weighted by atomic mass is 10.1. The van der Waals surface area contributed by atoms with Crippen LogP contribution in [0.4, 0.5) is 13.2 Å². The van der Waals surface area contributed by atoms with Crippen LogP contribution >= 0.6 is 11.5 Å². The summed E-state index contributed by atoms with van der Waals surface area (Å²) < 4.78 is 44.7. The summed E-state index contributed by atoms with van der Waals surface area (Å²) in [6.45, 7) is 0.112. The molecule has 108 valence electrons. The largest absolute Gasteiger partial charge is 0.416 e. The van der Waals surface area contributed by atoms with Crippen molar-refractivity contribution in [2.24, 2.45) is 0 Å². The molecule has 0 radical (unpaired) electrons. The van der Waals surface area contributed by atoms with Gasteiger partial charge in [0.15, 0.2) is 0 Å². The average molecular weight is 309 g/mol. The van der Waals surface area contributed by atoms with Gasteiger partial charge in [0.2, 0.25) is 0 Å². The van der Waals surface area contributed by atoms with E-state index in [1.165, 1.54) is 23.7 Å². The zero-order valence-electron chi connectivity index (χ0n) is 10.7. The normalized spacial score (nSPS) is 11.8. The Labute approximate surface area is 122 Å². The Balaban J connectivity index is 1.98. The molecule has 0 bridgehead atoms. The fourth-order valence-corrected chi connectivity index (χ4v) is 2.65. The maximum Gasteiger partial charge on any atom is 0.416 e. The van der Waals surface area contributed by atoms with Crippen molar-refractivity contribution in [3.05, 3.63) is 59.4 Å². The van der Waals surface area contributed by atoms with Crippen LogP contribution < -0.4 is 0 Å². The summed E-state index contributed by atoms with van der Waals surface area (Å²) in [5.74, 6) is 0.612. The number of hydrogen-bond donors (Lipinski definition) is 0. The van der Waals surface area contributed by atoms with Gasteiger partial charge < -0.3 is 4.57 Å².